The summed E-state index contributed by atoms with van der Waals surface area (Å²) in [5.74, 6) is -0.153. The van der Waals surface area contributed by atoms with Crippen molar-refractivity contribution in [2.24, 2.45) is 0 Å². The van der Waals surface area contributed by atoms with E-state index in [1.54, 1.807) is 0 Å². The Kier molecular flexibility index (Phi) is 3.55. The summed E-state index contributed by atoms with van der Waals surface area (Å²) in [6, 6.07) is 22.8. The molecule has 3 aromatic carbocycles. The van der Waals surface area contributed by atoms with Crippen molar-refractivity contribution in [3.05, 3.63) is 88.2 Å². The third-order valence-electron chi connectivity index (χ3n) is 3.81. The predicted molar refractivity (Wildman–Crippen MR) is 94.7 cm³/mol. The van der Waals surface area contributed by atoms with Gasteiger partial charge in [0.1, 0.15) is 0 Å². The number of rotatable bonds is 3. The molecule has 5 heteroatoms. The third kappa shape index (κ3) is 2.45. The zero-order valence-electron chi connectivity index (χ0n) is 12.6. The van der Waals surface area contributed by atoms with Crippen LogP contribution in [-0.2, 0) is 0 Å². The maximum atomic E-state index is 12.9. The van der Waals surface area contributed by atoms with Gasteiger partial charge in [-0.05, 0) is 22.9 Å². The standard InChI is InChI=1S/C19H13N3OS/c20-19-22(14-9-2-1-3-10-14)21-18(24-19)17(23)16-12-6-8-13-7-4-5-11-15(13)16/h1-12,20H. The normalized spacial score (nSPS) is 10.8. The average Bonchev–Trinajstić information content (AvgIpc) is 3.03. The van der Waals surface area contributed by atoms with E-state index in [-0.39, 0.29) is 10.6 Å². The molecule has 0 aliphatic heterocycles. The molecule has 0 atom stereocenters. The van der Waals surface area contributed by atoms with Gasteiger partial charge in [0.15, 0.2) is 5.01 Å². The Hall–Kier alpha value is -3.05. The SMILES string of the molecule is N=c1sc(C(=O)c2cccc3ccccc23)nn1-c1ccccc1. The first-order valence-electron chi connectivity index (χ1n) is 7.47. The van der Waals surface area contributed by atoms with Crippen LogP contribution in [0.15, 0.2) is 72.8 Å². The fourth-order valence-corrected chi connectivity index (χ4v) is 3.41. The number of carbonyl (C=O) groups excluding carboxylic acids is 1. The summed E-state index contributed by atoms with van der Waals surface area (Å²) < 4.78 is 1.49. The van der Waals surface area contributed by atoms with E-state index in [1.807, 2.05) is 72.8 Å². The molecule has 0 bridgehead atoms. The molecule has 1 heterocycles. The molecule has 0 fully saturated rings. The van der Waals surface area contributed by atoms with Crippen LogP contribution in [0.3, 0.4) is 0 Å². The summed E-state index contributed by atoms with van der Waals surface area (Å²) in [7, 11) is 0. The summed E-state index contributed by atoms with van der Waals surface area (Å²) in [6.45, 7) is 0. The van der Waals surface area contributed by atoms with Crippen LogP contribution < -0.4 is 4.80 Å². The molecule has 0 amide bonds. The van der Waals surface area contributed by atoms with Gasteiger partial charge in [-0.2, -0.15) is 5.10 Å². The van der Waals surface area contributed by atoms with Crippen LogP contribution in [0.4, 0.5) is 0 Å². The number of nitrogens with zero attached hydrogens (tertiary/aromatic N) is 2. The Morgan fingerprint density at radius 2 is 1.62 bits per heavy atom. The molecule has 0 spiro atoms. The monoisotopic (exact) mass is 331 g/mol. The van der Waals surface area contributed by atoms with Crippen LogP contribution >= 0.6 is 11.3 Å². The van der Waals surface area contributed by atoms with Gasteiger partial charge in [0.05, 0.1) is 5.69 Å². The van der Waals surface area contributed by atoms with E-state index in [4.69, 9.17) is 5.41 Å². The van der Waals surface area contributed by atoms with E-state index >= 15 is 0 Å². The highest BCUT2D eigenvalue weighted by molar-refractivity contribution is 7.11. The van der Waals surface area contributed by atoms with E-state index in [9.17, 15) is 4.79 Å². The zero-order chi connectivity index (χ0) is 16.5. The lowest BCUT2D eigenvalue weighted by Gasteiger charge is -2.03. The Balaban J connectivity index is 1.82. The first-order valence-corrected chi connectivity index (χ1v) is 8.28. The number of para-hydroxylation sites is 1. The van der Waals surface area contributed by atoms with Gasteiger partial charge in [-0.15, -0.1) is 0 Å². The van der Waals surface area contributed by atoms with Gasteiger partial charge in [0, 0.05) is 5.56 Å². The van der Waals surface area contributed by atoms with Crippen LogP contribution in [0.2, 0.25) is 0 Å². The number of nitrogens with one attached hydrogen (secondary N) is 1. The first kappa shape index (κ1) is 14.5. The summed E-state index contributed by atoms with van der Waals surface area (Å²) in [5.41, 5.74) is 1.39. The molecule has 0 saturated carbocycles. The van der Waals surface area contributed by atoms with Crippen molar-refractivity contribution in [2.45, 2.75) is 0 Å². The summed E-state index contributed by atoms with van der Waals surface area (Å²) in [4.78, 5) is 13.1. The minimum absolute atomic E-state index is 0.153. The first-order chi connectivity index (χ1) is 11.7. The zero-order valence-corrected chi connectivity index (χ0v) is 13.5. The van der Waals surface area contributed by atoms with E-state index < -0.39 is 0 Å². The molecule has 0 unspecified atom stereocenters. The quantitative estimate of drug-likeness (QED) is 0.581. The van der Waals surface area contributed by atoms with Crippen molar-refractivity contribution in [3.8, 4) is 5.69 Å². The van der Waals surface area contributed by atoms with Gasteiger partial charge in [0.2, 0.25) is 10.6 Å². The molecule has 4 nitrogen and oxygen atoms in total. The number of ketones is 1. The topological polar surface area (TPSA) is 58.7 Å². The van der Waals surface area contributed by atoms with Crippen LogP contribution in [0.5, 0.6) is 0 Å². The Bertz CT molecular complexity index is 1090. The summed E-state index contributed by atoms with van der Waals surface area (Å²) in [5, 5.41) is 14.7. The molecule has 4 aromatic rings. The molecule has 0 saturated heterocycles. The average molecular weight is 331 g/mol. The molecule has 116 valence electrons. The molecule has 24 heavy (non-hydrogen) atoms. The van der Waals surface area contributed by atoms with Crippen molar-refractivity contribution in [3.63, 3.8) is 0 Å². The van der Waals surface area contributed by atoms with E-state index in [2.05, 4.69) is 5.10 Å². The molecular weight excluding hydrogens is 318 g/mol. The van der Waals surface area contributed by atoms with Crippen molar-refractivity contribution in [1.29, 1.82) is 5.41 Å². The highest BCUT2D eigenvalue weighted by atomic mass is 32.1. The third-order valence-corrected chi connectivity index (χ3v) is 4.63. The Morgan fingerprint density at radius 3 is 2.46 bits per heavy atom. The van der Waals surface area contributed by atoms with Crippen molar-refractivity contribution in [2.75, 3.05) is 0 Å². The smallest absolute Gasteiger partial charge is 0.224 e. The van der Waals surface area contributed by atoms with Crippen molar-refractivity contribution in [1.82, 2.24) is 9.78 Å². The lowest BCUT2D eigenvalue weighted by atomic mass is 10.0. The second-order valence-corrected chi connectivity index (χ2v) is 6.29. The lowest BCUT2D eigenvalue weighted by molar-refractivity contribution is 0.103. The number of hydrogen-bond acceptors (Lipinski definition) is 4. The van der Waals surface area contributed by atoms with Gasteiger partial charge >= 0.3 is 0 Å². The van der Waals surface area contributed by atoms with Crippen LogP contribution in [0.1, 0.15) is 15.4 Å². The van der Waals surface area contributed by atoms with Crippen molar-refractivity contribution >= 4 is 27.9 Å². The molecule has 0 aliphatic rings. The lowest BCUT2D eigenvalue weighted by Crippen LogP contribution is -2.12. The van der Waals surface area contributed by atoms with E-state index in [0.717, 1.165) is 27.8 Å². The Morgan fingerprint density at radius 1 is 0.917 bits per heavy atom. The second kappa shape index (κ2) is 5.86. The largest absolute Gasteiger partial charge is 0.286 e. The number of aromatic nitrogens is 2. The maximum Gasteiger partial charge on any atom is 0.224 e. The van der Waals surface area contributed by atoms with Gasteiger partial charge in [-0.1, -0.05) is 72.0 Å². The number of benzene rings is 3. The summed E-state index contributed by atoms with van der Waals surface area (Å²) in [6.07, 6.45) is 0. The fourth-order valence-electron chi connectivity index (χ4n) is 2.67. The second-order valence-electron chi connectivity index (χ2n) is 5.32. The minimum Gasteiger partial charge on any atom is -0.286 e. The van der Waals surface area contributed by atoms with E-state index in [0.29, 0.717) is 10.6 Å². The van der Waals surface area contributed by atoms with Gasteiger partial charge in [-0.3, -0.25) is 10.2 Å². The highest BCUT2D eigenvalue weighted by Crippen LogP contribution is 2.21. The molecule has 4 rings (SSSR count). The molecular formula is C19H13N3OS. The van der Waals surface area contributed by atoms with Crippen LogP contribution in [-0.4, -0.2) is 15.6 Å². The number of hydrogen-bond donors (Lipinski definition) is 1. The van der Waals surface area contributed by atoms with Gasteiger partial charge in [-0.25, -0.2) is 4.68 Å². The number of carbonyl (C=O) groups is 1. The van der Waals surface area contributed by atoms with Crippen molar-refractivity contribution < 1.29 is 4.79 Å². The van der Waals surface area contributed by atoms with Crippen LogP contribution in [0, 0.1) is 5.41 Å². The van der Waals surface area contributed by atoms with E-state index in [1.165, 1.54) is 4.68 Å². The minimum atomic E-state index is -0.153. The maximum absolute atomic E-state index is 12.9. The molecule has 1 aromatic heterocycles. The Labute approximate surface area is 142 Å². The van der Waals surface area contributed by atoms with Gasteiger partial charge in [0.25, 0.3) is 0 Å². The number of fused-ring (bicyclic) bond motifs is 1. The van der Waals surface area contributed by atoms with Gasteiger partial charge < -0.3 is 0 Å². The van der Waals surface area contributed by atoms with Crippen LogP contribution in [0.25, 0.3) is 16.5 Å². The highest BCUT2D eigenvalue weighted by Gasteiger charge is 2.17. The molecule has 0 radical (unpaired) electrons. The predicted octanol–water partition coefficient (Wildman–Crippen LogP) is 3.80. The fraction of sp³-hybridized carbons (Fsp3) is 0. The summed E-state index contributed by atoms with van der Waals surface area (Å²) >= 11 is 1.09. The molecule has 1 N–H and O–H groups in total. The molecule has 0 aliphatic carbocycles.